The molecule has 1 aromatic carbocycles. The predicted octanol–water partition coefficient (Wildman–Crippen LogP) is 5.04. The van der Waals surface area contributed by atoms with Gasteiger partial charge in [-0.3, -0.25) is 4.79 Å². The van der Waals surface area contributed by atoms with Gasteiger partial charge < -0.3 is 19.7 Å². The Hall–Kier alpha value is -1.56. The Morgan fingerprint density at radius 3 is 2.77 bits per heavy atom. The molecule has 0 spiro atoms. The molecule has 1 aromatic rings. The highest BCUT2D eigenvalue weighted by molar-refractivity contribution is 6.21. The van der Waals surface area contributed by atoms with E-state index in [4.69, 9.17) is 21.1 Å². The summed E-state index contributed by atoms with van der Waals surface area (Å²) < 4.78 is 10.9. The Balaban J connectivity index is 1.86. The van der Waals surface area contributed by atoms with E-state index >= 15 is 0 Å². The summed E-state index contributed by atoms with van der Waals surface area (Å²) in [5.74, 6) is 0.735. The number of hydrogen-bond donors (Lipinski definition) is 2. The standard InChI is InChI=1S/C25H37ClO5/c1-4-30-24(28)13-8-6-5-7-12-20-21(23(27)15-22(20)26)16-31-19-11-9-10-18(14-19)25(29)17(2)3/h5,7,9-11,14,17,20-23,25,27,29H,4,6,8,12-13,15-16H2,1-3H3/b7-5-/t20-,21-,22-,23-,25?/m1/s1. The van der Waals surface area contributed by atoms with Crippen molar-refractivity contribution in [3.63, 3.8) is 0 Å². The third-order valence-electron chi connectivity index (χ3n) is 5.88. The SMILES string of the molecule is CCOC(=O)CCC/C=C\C[C@@H]1[C@@H](COc2cccc(C(O)C(C)C)c2)[C@H](O)C[C@H]1Cl. The van der Waals surface area contributed by atoms with Crippen LogP contribution in [0.2, 0.25) is 0 Å². The molecule has 0 bridgehead atoms. The first kappa shape index (κ1) is 25.7. The van der Waals surface area contributed by atoms with Crippen molar-refractivity contribution in [3.8, 4) is 5.75 Å². The molecule has 1 aliphatic rings. The minimum Gasteiger partial charge on any atom is -0.493 e. The normalized spacial score (nSPS) is 24.6. The summed E-state index contributed by atoms with van der Waals surface area (Å²) in [4.78, 5) is 11.4. The minimum absolute atomic E-state index is 0.0506. The van der Waals surface area contributed by atoms with E-state index in [9.17, 15) is 15.0 Å². The Bertz CT molecular complexity index is 705. The summed E-state index contributed by atoms with van der Waals surface area (Å²) in [5.41, 5.74) is 0.831. The smallest absolute Gasteiger partial charge is 0.305 e. The lowest BCUT2D eigenvalue weighted by molar-refractivity contribution is -0.143. The van der Waals surface area contributed by atoms with Gasteiger partial charge in [0.15, 0.2) is 0 Å². The van der Waals surface area contributed by atoms with Crippen LogP contribution in [0.15, 0.2) is 36.4 Å². The molecular weight excluding hydrogens is 416 g/mol. The zero-order valence-corrected chi connectivity index (χ0v) is 19.6. The second-order valence-corrected chi connectivity index (χ2v) is 9.18. The maximum atomic E-state index is 11.4. The number of halogens is 1. The highest BCUT2D eigenvalue weighted by atomic mass is 35.5. The van der Waals surface area contributed by atoms with Gasteiger partial charge in [0.25, 0.3) is 0 Å². The fourth-order valence-corrected chi connectivity index (χ4v) is 4.50. The van der Waals surface area contributed by atoms with Crippen LogP contribution < -0.4 is 4.74 Å². The molecule has 1 unspecified atom stereocenters. The first-order valence-electron chi connectivity index (χ1n) is 11.4. The number of ether oxygens (including phenoxy) is 2. The number of unbranched alkanes of at least 4 members (excludes halogenated alkanes) is 1. The highest BCUT2D eigenvalue weighted by Crippen LogP contribution is 2.39. The van der Waals surface area contributed by atoms with Gasteiger partial charge in [0.1, 0.15) is 5.75 Å². The largest absolute Gasteiger partial charge is 0.493 e. The molecule has 0 heterocycles. The number of rotatable bonds is 12. The Kier molecular flexibility index (Phi) is 10.9. The van der Waals surface area contributed by atoms with Crippen LogP contribution in [0.4, 0.5) is 0 Å². The topological polar surface area (TPSA) is 76.0 Å². The lowest BCUT2D eigenvalue weighted by Gasteiger charge is -2.23. The second-order valence-electron chi connectivity index (χ2n) is 8.62. The van der Waals surface area contributed by atoms with Crippen LogP contribution >= 0.6 is 11.6 Å². The molecule has 1 aliphatic carbocycles. The molecule has 0 aliphatic heterocycles. The number of allylic oxidation sites excluding steroid dienone is 2. The summed E-state index contributed by atoms with van der Waals surface area (Å²) in [5, 5.41) is 20.7. The molecule has 0 amide bonds. The Morgan fingerprint density at radius 1 is 1.29 bits per heavy atom. The van der Waals surface area contributed by atoms with Crippen LogP contribution in [0, 0.1) is 17.8 Å². The minimum atomic E-state index is -0.533. The summed E-state index contributed by atoms with van der Waals surface area (Å²) in [6, 6.07) is 7.51. The van der Waals surface area contributed by atoms with E-state index in [1.54, 1.807) is 0 Å². The average Bonchev–Trinajstić information content (AvgIpc) is 3.01. The van der Waals surface area contributed by atoms with Crippen LogP contribution in [0.5, 0.6) is 5.75 Å². The van der Waals surface area contributed by atoms with Gasteiger partial charge in [0.2, 0.25) is 0 Å². The lowest BCUT2D eigenvalue weighted by atomic mass is 9.92. The Morgan fingerprint density at radius 2 is 2.06 bits per heavy atom. The van der Waals surface area contributed by atoms with Crippen molar-refractivity contribution in [1.82, 2.24) is 0 Å². The van der Waals surface area contributed by atoms with Gasteiger partial charge in [-0.25, -0.2) is 0 Å². The molecule has 0 aromatic heterocycles. The third kappa shape index (κ3) is 8.13. The van der Waals surface area contributed by atoms with E-state index in [1.165, 1.54) is 0 Å². The molecule has 1 fully saturated rings. The zero-order valence-electron chi connectivity index (χ0n) is 18.9. The number of carbonyl (C=O) groups is 1. The Labute approximate surface area is 191 Å². The average molecular weight is 453 g/mol. The van der Waals surface area contributed by atoms with Crippen LogP contribution in [0.3, 0.4) is 0 Å². The van der Waals surface area contributed by atoms with E-state index in [0.717, 1.165) is 24.8 Å². The maximum absolute atomic E-state index is 11.4. The number of hydrogen-bond acceptors (Lipinski definition) is 5. The summed E-state index contributed by atoms with van der Waals surface area (Å²) in [6.07, 6.45) is 6.47. The molecule has 1 saturated carbocycles. The van der Waals surface area contributed by atoms with Gasteiger partial charge >= 0.3 is 5.97 Å². The molecule has 0 saturated heterocycles. The lowest BCUT2D eigenvalue weighted by Crippen LogP contribution is -2.27. The maximum Gasteiger partial charge on any atom is 0.305 e. The van der Waals surface area contributed by atoms with Gasteiger partial charge in [-0.05, 0) is 62.1 Å². The van der Waals surface area contributed by atoms with E-state index in [2.05, 4.69) is 12.2 Å². The van der Waals surface area contributed by atoms with Crippen LogP contribution in [-0.4, -0.2) is 40.9 Å². The molecule has 6 heteroatoms. The molecular formula is C25H37ClO5. The van der Waals surface area contributed by atoms with Crippen molar-refractivity contribution in [2.24, 2.45) is 17.8 Å². The second kappa shape index (κ2) is 13.1. The van der Waals surface area contributed by atoms with E-state index in [1.807, 2.05) is 45.0 Å². The number of aliphatic hydroxyl groups excluding tert-OH is 2. The molecule has 0 radical (unpaired) electrons. The van der Waals surface area contributed by atoms with E-state index in [0.29, 0.717) is 31.8 Å². The summed E-state index contributed by atoms with van der Waals surface area (Å²) in [6.45, 7) is 6.56. The predicted molar refractivity (Wildman–Crippen MR) is 123 cm³/mol. The van der Waals surface area contributed by atoms with Crippen molar-refractivity contribution in [1.29, 1.82) is 0 Å². The number of carbonyl (C=O) groups excluding carboxylic acids is 1. The van der Waals surface area contributed by atoms with Crippen LogP contribution in [0.25, 0.3) is 0 Å². The van der Waals surface area contributed by atoms with Gasteiger partial charge in [-0.15, -0.1) is 11.6 Å². The quantitative estimate of drug-likeness (QED) is 0.201. The fraction of sp³-hybridized carbons (Fsp3) is 0.640. The molecule has 31 heavy (non-hydrogen) atoms. The molecule has 5 atom stereocenters. The molecule has 2 N–H and O–H groups in total. The van der Waals surface area contributed by atoms with E-state index < -0.39 is 12.2 Å². The van der Waals surface area contributed by atoms with Crippen molar-refractivity contribution >= 4 is 17.6 Å². The first-order chi connectivity index (χ1) is 14.8. The van der Waals surface area contributed by atoms with Gasteiger partial charge in [0.05, 0.1) is 25.4 Å². The van der Waals surface area contributed by atoms with Gasteiger partial charge in [0, 0.05) is 17.7 Å². The van der Waals surface area contributed by atoms with Crippen LogP contribution in [-0.2, 0) is 9.53 Å². The van der Waals surface area contributed by atoms with Gasteiger partial charge in [-0.2, -0.15) is 0 Å². The highest BCUT2D eigenvalue weighted by Gasteiger charge is 2.41. The van der Waals surface area contributed by atoms with Crippen molar-refractivity contribution in [2.45, 2.75) is 70.5 Å². The van der Waals surface area contributed by atoms with Crippen molar-refractivity contribution in [3.05, 3.63) is 42.0 Å². The number of aliphatic hydroxyl groups is 2. The number of benzene rings is 1. The van der Waals surface area contributed by atoms with Crippen LogP contribution in [0.1, 0.15) is 64.5 Å². The fourth-order valence-electron chi connectivity index (χ4n) is 4.03. The molecule has 2 rings (SSSR count). The summed E-state index contributed by atoms with van der Waals surface area (Å²) in [7, 11) is 0. The first-order valence-corrected chi connectivity index (χ1v) is 11.8. The van der Waals surface area contributed by atoms with Gasteiger partial charge in [-0.1, -0.05) is 38.1 Å². The van der Waals surface area contributed by atoms with Crippen molar-refractivity contribution < 1.29 is 24.5 Å². The van der Waals surface area contributed by atoms with Crippen molar-refractivity contribution in [2.75, 3.05) is 13.2 Å². The van der Waals surface area contributed by atoms with E-state index in [-0.39, 0.29) is 29.1 Å². The number of esters is 1. The monoisotopic (exact) mass is 452 g/mol. The molecule has 5 nitrogen and oxygen atoms in total. The number of alkyl halides is 1. The summed E-state index contributed by atoms with van der Waals surface area (Å²) >= 11 is 6.52. The third-order valence-corrected chi connectivity index (χ3v) is 6.38. The molecule has 174 valence electrons. The zero-order chi connectivity index (χ0) is 22.8.